The Morgan fingerprint density at radius 2 is 1.74 bits per heavy atom. The Morgan fingerprint density at radius 1 is 1.17 bits per heavy atom. The predicted octanol–water partition coefficient (Wildman–Crippen LogP) is 3.72. The summed E-state index contributed by atoms with van der Waals surface area (Å²) in [5, 5.41) is 12.4. The van der Waals surface area contributed by atoms with Crippen LogP contribution >= 0.6 is 0 Å². The third kappa shape index (κ3) is 6.60. The highest BCUT2D eigenvalue weighted by molar-refractivity contribution is 5.76. The quantitative estimate of drug-likeness (QED) is 0.800. The predicted molar refractivity (Wildman–Crippen MR) is 82.9 cm³/mol. The lowest BCUT2D eigenvalue weighted by molar-refractivity contribution is -0.137. The van der Waals surface area contributed by atoms with Crippen LogP contribution in [0.15, 0.2) is 24.3 Å². The highest BCUT2D eigenvalue weighted by atomic mass is 19.4. The van der Waals surface area contributed by atoms with E-state index in [1.807, 2.05) is 13.8 Å². The van der Waals surface area contributed by atoms with E-state index >= 15 is 0 Å². The van der Waals surface area contributed by atoms with Gasteiger partial charge in [0, 0.05) is 13.0 Å². The molecule has 1 aromatic rings. The number of amides is 1. The molecule has 0 aromatic heterocycles. The molecule has 3 nitrogen and oxygen atoms in total. The van der Waals surface area contributed by atoms with Gasteiger partial charge in [-0.2, -0.15) is 13.2 Å². The molecule has 130 valence electrons. The molecule has 23 heavy (non-hydrogen) atoms. The first-order valence-electron chi connectivity index (χ1n) is 7.73. The molecule has 1 aromatic carbocycles. The van der Waals surface area contributed by atoms with Gasteiger partial charge in [-0.15, -0.1) is 0 Å². The molecule has 0 saturated heterocycles. The van der Waals surface area contributed by atoms with Crippen molar-refractivity contribution in [1.29, 1.82) is 0 Å². The van der Waals surface area contributed by atoms with Crippen molar-refractivity contribution >= 4 is 5.91 Å². The second-order valence-electron chi connectivity index (χ2n) is 6.17. The fourth-order valence-corrected chi connectivity index (χ4v) is 2.16. The second-order valence-corrected chi connectivity index (χ2v) is 6.17. The van der Waals surface area contributed by atoms with Crippen LogP contribution in [0, 0.1) is 5.92 Å². The summed E-state index contributed by atoms with van der Waals surface area (Å²) in [6.45, 7) is 5.99. The van der Waals surface area contributed by atoms with Gasteiger partial charge in [0.15, 0.2) is 0 Å². The number of halogens is 3. The van der Waals surface area contributed by atoms with Crippen LogP contribution in [0.5, 0.6) is 0 Å². The van der Waals surface area contributed by atoms with Crippen LogP contribution in [0.2, 0.25) is 0 Å². The largest absolute Gasteiger partial charge is 0.416 e. The van der Waals surface area contributed by atoms with Crippen molar-refractivity contribution in [2.45, 2.75) is 51.8 Å². The van der Waals surface area contributed by atoms with E-state index < -0.39 is 17.8 Å². The number of hydrogen-bond donors (Lipinski definition) is 2. The summed E-state index contributed by atoms with van der Waals surface area (Å²) in [4.78, 5) is 11.8. The topological polar surface area (TPSA) is 49.3 Å². The third-order valence-corrected chi connectivity index (χ3v) is 3.83. The van der Waals surface area contributed by atoms with Crippen LogP contribution in [-0.2, 0) is 11.0 Å². The number of alkyl halides is 3. The van der Waals surface area contributed by atoms with E-state index in [9.17, 15) is 23.1 Å². The van der Waals surface area contributed by atoms with E-state index in [-0.39, 0.29) is 24.2 Å². The Morgan fingerprint density at radius 3 is 2.22 bits per heavy atom. The molecule has 0 bridgehead atoms. The van der Waals surface area contributed by atoms with Gasteiger partial charge >= 0.3 is 6.18 Å². The Balaban J connectivity index is 2.46. The Labute approximate surface area is 134 Å². The summed E-state index contributed by atoms with van der Waals surface area (Å²) in [6.07, 6.45) is -4.12. The van der Waals surface area contributed by atoms with E-state index in [4.69, 9.17) is 0 Å². The summed E-state index contributed by atoms with van der Waals surface area (Å²) < 4.78 is 37.5. The maximum Gasteiger partial charge on any atom is 0.416 e. The first kappa shape index (κ1) is 19.5. The van der Waals surface area contributed by atoms with Gasteiger partial charge in [0.05, 0.1) is 11.7 Å². The molecular formula is C17H24F3NO2. The molecule has 0 radical (unpaired) electrons. The van der Waals surface area contributed by atoms with Crippen LogP contribution in [-0.4, -0.2) is 23.7 Å². The minimum absolute atomic E-state index is 0.137. The molecule has 0 aliphatic heterocycles. The summed E-state index contributed by atoms with van der Waals surface area (Å²) >= 11 is 0. The summed E-state index contributed by atoms with van der Waals surface area (Å²) in [5.41, 5.74) is -0.00376. The Hall–Kier alpha value is -1.56. The van der Waals surface area contributed by atoms with Gasteiger partial charge in [-0.05, 0) is 36.0 Å². The summed E-state index contributed by atoms with van der Waals surface area (Å²) in [7, 11) is 0. The molecular weight excluding hydrogens is 307 g/mol. The first-order valence-corrected chi connectivity index (χ1v) is 7.73. The fourth-order valence-electron chi connectivity index (χ4n) is 2.16. The van der Waals surface area contributed by atoms with Gasteiger partial charge in [-0.25, -0.2) is 0 Å². The number of benzene rings is 1. The fraction of sp³-hybridized carbons (Fsp3) is 0.588. The van der Waals surface area contributed by atoms with Crippen LogP contribution < -0.4 is 5.32 Å². The van der Waals surface area contributed by atoms with Gasteiger partial charge in [-0.3, -0.25) is 4.79 Å². The minimum Gasteiger partial charge on any atom is -0.393 e. The van der Waals surface area contributed by atoms with E-state index in [0.717, 1.165) is 12.1 Å². The monoisotopic (exact) mass is 331 g/mol. The average Bonchev–Trinajstić information content (AvgIpc) is 2.46. The van der Waals surface area contributed by atoms with Crippen LogP contribution in [0.1, 0.15) is 50.7 Å². The lowest BCUT2D eigenvalue weighted by Crippen LogP contribution is -2.29. The molecule has 2 N–H and O–H groups in total. The molecule has 1 amide bonds. The lowest BCUT2D eigenvalue weighted by Gasteiger charge is -2.16. The van der Waals surface area contributed by atoms with Gasteiger partial charge in [0.2, 0.25) is 5.91 Å². The van der Waals surface area contributed by atoms with Crippen molar-refractivity contribution < 1.29 is 23.1 Å². The van der Waals surface area contributed by atoms with Crippen molar-refractivity contribution in [2.75, 3.05) is 6.54 Å². The molecule has 6 heteroatoms. The zero-order chi connectivity index (χ0) is 17.6. The summed E-state index contributed by atoms with van der Waals surface area (Å²) in [5.74, 6) is -0.210. The molecule has 1 rings (SSSR count). The Bertz CT molecular complexity index is 498. The van der Waals surface area contributed by atoms with Crippen LogP contribution in [0.25, 0.3) is 0 Å². The Kier molecular flexibility index (Phi) is 7.06. The van der Waals surface area contributed by atoms with E-state index in [1.165, 1.54) is 12.1 Å². The normalized spacial score (nSPS) is 14.6. The zero-order valence-corrected chi connectivity index (χ0v) is 13.7. The van der Waals surface area contributed by atoms with Gasteiger partial charge in [-0.1, -0.05) is 32.9 Å². The molecule has 0 saturated carbocycles. The van der Waals surface area contributed by atoms with Crippen molar-refractivity contribution in [3.63, 3.8) is 0 Å². The standard InChI is InChI=1S/C17H24F3NO2/c1-11(2)15(22)8-9-21-16(23)10-12(3)13-4-6-14(7-5-13)17(18,19)20/h4-7,11-12,15,22H,8-10H2,1-3H3,(H,21,23). The number of nitrogens with one attached hydrogen (secondary N) is 1. The van der Waals surface area contributed by atoms with Gasteiger partial charge < -0.3 is 10.4 Å². The SMILES string of the molecule is CC(CC(=O)NCCC(O)C(C)C)c1ccc(C(F)(F)F)cc1. The maximum absolute atomic E-state index is 12.5. The summed E-state index contributed by atoms with van der Waals surface area (Å²) in [6, 6.07) is 4.87. The van der Waals surface area contributed by atoms with Crippen molar-refractivity contribution in [1.82, 2.24) is 5.32 Å². The highest BCUT2D eigenvalue weighted by Gasteiger charge is 2.30. The number of carbonyl (C=O) groups is 1. The molecule has 0 aliphatic rings. The molecule has 0 heterocycles. The van der Waals surface area contributed by atoms with Crippen molar-refractivity contribution in [3.8, 4) is 0 Å². The number of aliphatic hydroxyl groups excluding tert-OH is 1. The highest BCUT2D eigenvalue weighted by Crippen LogP contribution is 2.30. The third-order valence-electron chi connectivity index (χ3n) is 3.83. The van der Waals surface area contributed by atoms with Crippen molar-refractivity contribution in [2.24, 2.45) is 5.92 Å². The number of hydrogen-bond acceptors (Lipinski definition) is 2. The molecule has 2 unspecified atom stereocenters. The minimum atomic E-state index is -4.35. The molecule has 0 aliphatic carbocycles. The van der Waals surface area contributed by atoms with Gasteiger partial charge in [0.25, 0.3) is 0 Å². The zero-order valence-electron chi connectivity index (χ0n) is 13.7. The second kappa shape index (κ2) is 8.34. The average molecular weight is 331 g/mol. The first-order chi connectivity index (χ1) is 10.6. The van der Waals surface area contributed by atoms with E-state index in [2.05, 4.69) is 5.32 Å². The van der Waals surface area contributed by atoms with Gasteiger partial charge in [0.1, 0.15) is 0 Å². The van der Waals surface area contributed by atoms with E-state index in [0.29, 0.717) is 18.5 Å². The number of carbonyl (C=O) groups excluding carboxylic acids is 1. The lowest BCUT2D eigenvalue weighted by atomic mass is 9.96. The maximum atomic E-state index is 12.5. The number of rotatable bonds is 7. The van der Waals surface area contributed by atoms with E-state index in [1.54, 1.807) is 6.92 Å². The smallest absolute Gasteiger partial charge is 0.393 e. The van der Waals surface area contributed by atoms with Crippen LogP contribution in [0.4, 0.5) is 13.2 Å². The van der Waals surface area contributed by atoms with Crippen LogP contribution in [0.3, 0.4) is 0 Å². The molecule has 2 atom stereocenters. The molecule has 0 fully saturated rings. The molecule has 0 spiro atoms. The number of aliphatic hydroxyl groups is 1. The van der Waals surface area contributed by atoms with Crippen molar-refractivity contribution in [3.05, 3.63) is 35.4 Å².